The molecule has 0 aromatic carbocycles. The van der Waals surface area contributed by atoms with Gasteiger partial charge in [-0.1, -0.05) is 5.16 Å². The van der Waals surface area contributed by atoms with Crippen LogP contribution < -0.4 is 0 Å². The van der Waals surface area contributed by atoms with Crippen molar-refractivity contribution in [2.45, 2.75) is 50.2 Å². The fourth-order valence-electron chi connectivity index (χ4n) is 3.08. The van der Waals surface area contributed by atoms with Crippen molar-refractivity contribution in [3.8, 4) is 0 Å². The van der Waals surface area contributed by atoms with Crippen LogP contribution in [0.1, 0.15) is 20.3 Å². The highest BCUT2D eigenvalue weighted by atomic mass is 16.8. The summed E-state index contributed by atoms with van der Waals surface area (Å²) >= 11 is 0. The van der Waals surface area contributed by atoms with Gasteiger partial charge in [0, 0.05) is 20.1 Å². The molecule has 20 heavy (non-hydrogen) atoms. The Morgan fingerprint density at radius 3 is 2.50 bits per heavy atom. The molecule has 1 saturated carbocycles. The van der Waals surface area contributed by atoms with Crippen molar-refractivity contribution >= 4 is 5.71 Å². The molecule has 1 aliphatic carbocycles. The van der Waals surface area contributed by atoms with Gasteiger partial charge in [-0.2, -0.15) is 0 Å². The third kappa shape index (κ3) is 1.81. The predicted molar refractivity (Wildman–Crippen MR) is 68.1 cm³/mol. The van der Waals surface area contributed by atoms with Crippen LogP contribution in [0.2, 0.25) is 0 Å². The molecule has 0 aromatic rings. The van der Waals surface area contributed by atoms with E-state index in [2.05, 4.69) is 5.16 Å². The number of hydrogen-bond donors (Lipinski definition) is 1. The van der Waals surface area contributed by atoms with Crippen LogP contribution in [0.3, 0.4) is 0 Å². The number of aliphatic hydroxyl groups excluding tert-OH is 1. The fourth-order valence-corrected chi connectivity index (χ4v) is 3.08. The van der Waals surface area contributed by atoms with Crippen molar-refractivity contribution in [3.05, 3.63) is 0 Å². The van der Waals surface area contributed by atoms with Gasteiger partial charge < -0.3 is 28.9 Å². The molecule has 3 rings (SSSR count). The molecule has 2 heterocycles. The number of oxime groups is 1. The minimum atomic E-state index is -1.11. The van der Waals surface area contributed by atoms with Gasteiger partial charge in [-0.05, 0) is 20.3 Å². The van der Waals surface area contributed by atoms with Gasteiger partial charge in [0.15, 0.2) is 0 Å². The molecule has 2 fully saturated rings. The number of nitrogens with zero attached hydrogens (tertiary/aromatic N) is 1. The second-order valence-electron chi connectivity index (χ2n) is 5.73. The molecule has 3 aliphatic rings. The number of methoxy groups -OCH3 is 2. The van der Waals surface area contributed by atoms with E-state index in [1.165, 1.54) is 14.2 Å². The summed E-state index contributed by atoms with van der Waals surface area (Å²) in [4.78, 5) is 5.14. The quantitative estimate of drug-likeness (QED) is 0.785. The molecule has 6 atom stereocenters. The van der Waals surface area contributed by atoms with E-state index in [1.807, 2.05) is 0 Å². The minimum Gasteiger partial charge on any atom is -0.395 e. The number of fused-ring (bicyclic) bond motifs is 3. The first-order valence-corrected chi connectivity index (χ1v) is 6.78. The van der Waals surface area contributed by atoms with Crippen molar-refractivity contribution < 1.29 is 28.9 Å². The van der Waals surface area contributed by atoms with Gasteiger partial charge in [-0.25, -0.2) is 0 Å². The lowest BCUT2D eigenvalue weighted by molar-refractivity contribution is -0.447. The minimum absolute atomic E-state index is 0.0721. The fraction of sp³-hybridized carbons (Fsp3) is 0.923. The smallest absolute Gasteiger partial charge is 0.220 e. The maximum Gasteiger partial charge on any atom is 0.220 e. The topological polar surface area (TPSA) is 78.7 Å². The van der Waals surface area contributed by atoms with Crippen molar-refractivity contribution in [3.63, 3.8) is 0 Å². The van der Waals surface area contributed by atoms with Crippen molar-refractivity contribution in [1.82, 2.24) is 0 Å². The van der Waals surface area contributed by atoms with E-state index in [-0.39, 0.29) is 5.92 Å². The van der Waals surface area contributed by atoms with Crippen LogP contribution in [-0.2, 0) is 23.8 Å². The van der Waals surface area contributed by atoms with Crippen molar-refractivity contribution in [2.24, 2.45) is 11.1 Å². The third-order valence-electron chi connectivity index (χ3n) is 4.68. The lowest BCUT2D eigenvalue weighted by Gasteiger charge is -2.54. The maximum absolute atomic E-state index is 10.3. The van der Waals surface area contributed by atoms with E-state index in [4.69, 9.17) is 23.8 Å². The van der Waals surface area contributed by atoms with Gasteiger partial charge in [0.1, 0.15) is 18.8 Å². The lowest BCUT2D eigenvalue weighted by Crippen LogP contribution is -2.70. The van der Waals surface area contributed by atoms with Crippen LogP contribution in [0.5, 0.6) is 0 Å². The van der Waals surface area contributed by atoms with E-state index in [9.17, 15) is 5.11 Å². The number of ether oxygens (including phenoxy) is 4. The lowest BCUT2D eigenvalue weighted by atomic mass is 9.80. The standard InChI is InChI=1S/C13H21NO6/c1-12(16-3)13(2,17-4)20-11-9-7(6-18-14-9)5-8(15)10(11)19-12/h7-8,10-11,15H,5-6H2,1-4H3/t7-,8+,10+,11+,12-,13-/m1/s1. The molecule has 1 N–H and O–H groups in total. The number of rotatable bonds is 2. The van der Waals surface area contributed by atoms with Gasteiger partial charge in [-0.15, -0.1) is 0 Å². The summed E-state index contributed by atoms with van der Waals surface area (Å²) in [5, 5.41) is 14.4. The first-order chi connectivity index (χ1) is 9.44. The molecule has 0 bridgehead atoms. The Kier molecular flexibility index (Phi) is 3.30. The van der Waals surface area contributed by atoms with Crippen LogP contribution in [0.25, 0.3) is 0 Å². The summed E-state index contributed by atoms with van der Waals surface area (Å²) < 4.78 is 23.0. The maximum atomic E-state index is 10.3. The third-order valence-corrected chi connectivity index (χ3v) is 4.68. The predicted octanol–water partition coefficient (Wildman–Crippen LogP) is 0.263. The van der Waals surface area contributed by atoms with Gasteiger partial charge in [0.05, 0.1) is 11.8 Å². The molecule has 114 valence electrons. The van der Waals surface area contributed by atoms with E-state index in [1.54, 1.807) is 13.8 Å². The summed E-state index contributed by atoms with van der Waals surface area (Å²) in [6.07, 6.45) is -1.13. The Hall–Kier alpha value is -0.730. The molecular formula is C13H21NO6. The average Bonchev–Trinajstić information content (AvgIpc) is 2.89. The average molecular weight is 287 g/mol. The molecular weight excluding hydrogens is 266 g/mol. The molecule has 0 radical (unpaired) electrons. The zero-order valence-corrected chi connectivity index (χ0v) is 12.2. The van der Waals surface area contributed by atoms with Crippen molar-refractivity contribution in [1.29, 1.82) is 0 Å². The number of aliphatic hydroxyl groups is 1. The first-order valence-electron chi connectivity index (χ1n) is 6.78. The monoisotopic (exact) mass is 287 g/mol. The van der Waals surface area contributed by atoms with E-state index < -0.39 is 29.9 Å². The Morgan fingerprint density at radius 2 is 1.85 bits per heavy atom. The normalized spacial score (nSPS) is 51.0. The van der Waals surface area contributed by atoms with E-state index >= 15 is 0 Å². The van der Waals surface area contributed by atoms with E-state index in [0.717, 1.165) is 5.71 Å². The Bertz CT molecular complexity index is 429. The van der Waals surface area contributed by atoms with Gasteiger partial charge in [0.2, 0.25) is 11.6 Å². The van der Waals surface area contributed by atoms with Gasteiger partial charge in [-0.3, -0.25) is 0 Å². The van der Waals surface area contributed by atoms with Crippen molar-refractivity contribution in [2.75, 3.05) is 20.8 Å². The molecule has 7 nitrogen and oxygen atoms in total. The van der Waals surface area contributed by atoms with Crippen LogP contribution >= 0.6 is 0 Å². The summed E-state index contributed by atoms with van der Waals surface area (Å²) in [7, 11) is 3.06. The van der Waals surface area contributed by atoms with E-state index in [0.29, 0.717) is 13.0 Å². The molecule has 0 aromatic heterocycles. The summed E-state index contributed by atoms with van der Waals surface area (Å²) in [5.41, 5.74) is 0.779. The molecule has 0 unspecified atom stereocenters. The van der Waals surface area contributed by atoms with Gasteiger partial charge >= 0.3 is 0 Å². The highest BCUT2D eigenvalue weighted by Gasteiger charge is 2.61. The van der Waals surface area contributed by atoms with Crippen LogP contribution in [-0.4, -0.2) is 61.5 Å². The molecule has 2 aliphatic heterocycles. The zero-order chi connectivity index (χ0) is 14.5. The first kappa shape index (κ1) is 14.2. The summed E-state index contributed by atoms with van der Waals surface area (Å²) in [6, 6.07) is 0. The Balaban J connectivity index is 1.95. The molecule has 1 saturated heterocycles. The van der Waals surface area contributed by atoms with Crippen LogP contribution in [0, 0.1) is 5.92 Å². The molecule has 0 spiro atoms. The largest absolute Gasteiger partial charge is 0.395 e. The van der Waals surface area contributed by atoms with Crippen LogP contribution in [0.15, 0.2) is 5.16 Å². The van der Waals surface area contributed by atoms with Crippen LogP contribution in [0.4, 0.5) is 0 Å². The second-order valence-corrected chi connectivity index (χ2v) is 5.73. The summed E-state index contributed by atoms with van der Waals surface area (Å²) in [6.45, 7) is 3.96. The Labute approximate surface area is 117 Å². The summed E-state index contributed by atoms with van der Waals surface area (Å²) in [5.74, 6) is -2.14. The van der Waals surface area contributed by atoms with Gasteiger partial charge in [0.25, 0.3) is 0 Å². The highest BCUT2D eigenvalue weighted by molar-refractivity contribution is 5.93. The second kappa shape index (κ2) is 4.64. The molecule has 7 heteroatoms. The number of hydrogen-bond acceptors (Lipinski definition) is 7. The Morgan fingerprint density at radius 1 is 1.20 bits per heavy atom. The molecule has 0 amide bonds. The zero-order valence-electron chi connectivity index (χ0n) is 12.2. The SMILES string of the molecule is CO[C@]1(C)O[C@H]2[C@@H](O)C[C@@H]3CON=C3[C@@H]2O[C@@]1(C)OC. The highest BCUT2D eigenvalue weighted by Crippen LogP contribution is 2.44.